The van der Waals surface area contributed by atoms with Gasteiger partial charge < -0.3 is 4.42 Å². The molecule has 152 valence electrons. The smallest absolute Gasteiger partial charge is 0.293 e. The van der Waals surface area contributed by atoms with Gasteiger partial charge in [-0.25, -0.2) is 4.98 Å². The first-order valence-electron chi connectivity index (χ1n) is 9.38. The van der Waals surface area contributed by atoms with Crippen LogP contribution < -0.4 is 5.32 Å². The number of nitrogens with one attached hydrogen (secondary N) is 1. The number of hydrogen-bond acceptors (Lipinski definition) is 4. The number of aromatic nitrogens is 1. The molecular weight excluding hydrogens is 451 g/mol. The molecule has 0 saturated heterocycles. The molecule has 0 bridgehead atoms. The molecule has 0 atom stereocenters. The minimum absolute atomic E-state index is 0.170. The quantitative estimate of drug-likeness (QED) is 0.295. The van der Waals surface area contributed by atoms with Gasteiger partial charge in [0.2, 0.25) is 0 Å². The molecular formula is C24H14Cl2N2O2S. The highest BCUT2D eigenvalue weighted by Crippen LogP contribution is 2.32. The van der Waals surface area contributed by atoms with Crippen LogP contribution in [-0.4, -0.2) is 10.9 Å². The first-order chi connectivity index (χ1) is 15.1. The second kappa shape index (κ2) is 8.19. The SMILES string of the molecule is O=C(Nc1nc(-c2ccc3ccccc3c2)cs1)c1ccc(-c2ccc(Cl)cc2Cl)o1. The minimum Gasteiger partial charge on any atom is -0.451 e. The fourth-order valence-corrected chi connectivity index (χ4v) is 4.48. The van der Waals surface area contributed by atoms with Crippen LogP contribution in [0.1, 0.15) is 10.6 Å². The summed E-state index contributed by atoms with van der Waals surface area (Å²) in [7, 11) is 0. The monoisotopic (exact) mass is 464 g/mol. The molecule has 4 nitrogen and oxygen atoms in total. The maximum atomic E-state index is 12.6. The lowest BCUT2D eigenvalue weighted by molar-refractivity contribution is 0.0997. The van der Waals surface area contributed by atoms with Crippen molar-refractivity contribution < 1.29 is 9.21 Å². The van der Waals surface area contributed by atoms with Crippen molar-refractivity contribution in [3.63, 3.8) is 0 Å². The van der Waals surface area contributed by atoms with Crippen LogP contribution in [0.3, 0.4) is 0 Å². The Kier molecular flexibility index (Phi) is 5.24. The minimum atomic E-state index is -0.379. The van der Waals surface area contributed by atoms with Crippen LogP contribution in [-0.2, 0) is 0 Å². The number of furan rings is 1. The van der Waals surface area contributed by atoms with Gasteiger partial charge in [-0.1, -0.05) is 59.6 Å². The second-order valence-corrected chi connectivity index (χ2v) is 8.54. The third-order valence-electron chi connectivity index (χ3n) is 4.80. The molecule has 2 heterocycles. The number of benzene rings is 3. The van der Waals surface area contributed by atoms with E-state index in [4.69, 9.17) is 27.6 Å². The zero-order chi connectivity index (χ0) is 21.4. The van der Waals surface area contributed by atoms with Crippen molar-refractivity contribution in [1.82, 2.24) is 4.98 Å². The van der Waals surface area contributed by atoms with Gasteiger partial charge in [0.05, 0.1) is 10.7 Å². The molecule has 0 aliphatic carbocycles. The number of carbonyl (C=O) groups excluding carboxylic acids is 1. The molecule has 1 amide bonds. The lowest BCUT2D eigenvalue weighted by atomic mass is 10.1. The number of amides is 1. The molecule has 0 aliphatic heterocycles. The number of rotatable bonds is 4. The highest BCUT2D eigenvalue weighted by molar-refractivity contribution is 7.14. The van der Waals surface area contributed by atoms with Crippen molar-refractivity contribution >= 4 is 56.3 Å². The number of nitrogens with zero attached hydrogens (tertiary/aromatic N) is 1. The van der Waals surface area contributed by atoms with Crippen LogP contribution in [0, 0.1) is 0 Å². The number of halogens is 2. The van der Waals surface area contributed by atoms with Crippen molar-refractivity contribution in [2.75, 3.05) is 5.32 Å². The highest BCUT2D eigenvalue weighted by Gasteiger charge is 2.16. The lowest BCUT2D eigenvalue weighted by Crippen LogP contribution is -2.10. The maximum absolute atomic E-state index is 12.6. The molecule has 31 heavy (non-hydrogen) atoms. The van der Waals surface area contributed by atoms with E-state index in [2.05, 4.69) is 34.6 Å². The molecule has 2 aromatic heterocycles. The molecule has 5 rings (SSSR count). The fourth-order valence-electron chi connectivity index (χ4n) is 3.27. The summed E-state index contributed by atoms with van der Waals surface area (Å²) in [5.74, 6) is 0.280. The van der Waals surface area contributed by atoms with Gasteiger partial charge in [-0.15, -0.1) is 11.3 Å². The van der Waals surface area contributed by atoms with Gasteiger partial charge >= 0.3 is 0 Å². The Morgan fingerprint density at radius 3 is 2.61 bits per heavy atom. The van der Waals surface area contributed by atoms with E-state index in [-0.39, 0.29) is 11.7 Å². The van der Waals surface area contributed by atoms with Crippen LogP contribution in [0.25, 0.3) is 33.4 Å². The largest absolute Gasteiger partial charge is 0.451 e. The van der Waals surface area contributed by atoms with E-state index in [0.29, 0.717) is 26.5 Å². The number of carbonyl (C=O) groups is 1. The second-order valence-electron chi connectivity index (χ2n) is 6.84. The summed E-state index contributed by atoms with van der Waals surface area (Å²) in [5, 5.41) is 8.50. The fraction of sp³-hybridized carbons (Fsp3) is 0. The maximum Gasteiger partial charge on any atom is 0.293 e. The van der Waals surface area contributed by atoms with Gasteiger partial charge in [0.1, 0.15) is 5.76 Å². The molecule has 0 aliphatic rings. The summed E-state index contributed by atoms with van der Waals surface area (Å²) in [5.41, 5.74) is 2.46. The number of anilines is 1. The van der Waals surface area contributed by atoms with Gasteiger partial charge in [0.15, 0.2) is 10.9 Å². The van der Waals surface area contributed by atoms with Crippen LogP contribution in [0.2, 0.25) is 10.0 Å². The average molecular weight is 465 g/mol. The van der Waals surface area contributed by atoms with E-state index < -0.39 is 0 Å². The zero-order valence-electron chi connectivity index (χ0n) is 15.9. The Bertz CT molecular complexity index is 1420. The lowest BCUT2D eigenvalue weighted by Gasteiger charge is -2.02. The van der Waals surface area contributed by atoms with Gasteiger partial charge in [0.25, 0.3) is 5.91 Å². The highest BCUT2D eigenvalue weighted by atomic mass is 35.5. The summed E-state index contributed by atoms with van der Waals surface area (Å²) in [4.78, 5) is 17.2. The Balaban J connectivity index is 1.34. The summed E-state index contributed by atoms with van der Waals surface area (Å²) < 4.78 is 5.70. The molecule has 0 saturated carbocycles. The Hall–Kier alpha value is -3.12. The first kappa shape index (κ1) is 19.8. The van der Waals surface area contributed by atoms with Crippen molar-refractivity contribution in [2.24, 2.45) is 0 Å². The standard InChI is InChI=1S/C24H14Cl2N2O2S/c25-17-7-8-18(19(26)12-17)21-9-10-22(30-21)23(29)28-24-27-20(13-31-24)16-6-5-14-3-1-2-4-15(14)11-16/h1-13H,(H,27,28,29). The Morgan fingerprint density at radius 1 is 0.935 bits per heavy atom. The Morgan fingerprint density at radius 2 is 1.77 bits per heavy atom. The van der Waals surface area contributed by atoms with E-state index in [9.17, 15) is 4.79 Å². The molecule has 0 radical (unpaired) electrons. The molecule has 5 aromatic rings. The molecule has 3 aromatic carbocycles. The predicted molar refractivity (Wildman–Crippen MR) is 127 cm³/mol. The van der Waals surface area contributed by atoms with E-state index in [0.717, 1.165) is 16.6 Å². The Labute approximate surface area is 192 Å². The molecule has 7 heteroatoms. The number of thiazole rings is 1. The molecule has 0 spiro atoms. The average Bonchev–Trinajstić information content (AvgIpc) is 3.43. The van der Waals surface area contributed by atoms with E-state index in [1.165, 1.54) is 16.7 Å². The molecule has 1 N–H and O–H groups in total. The van der Waals surface area contributed by atoms with Crippen LogP contribution >= 0.6 is 34.5 Å². The van der Waals surface area contributed by atoms with Crippen LogP contribution in [0.4, 0.5) is 5.13 Å². The van der Waals surface area contributed by atoms with Gasteiger partial charge in [-0.3, -0.25) is 10.1 Å². The van der Waals surface area contributed by atoms with Crippen molar-refractivity contribution in [1.29, 1.82) is 0 Å². The first-order valence-corrected chi connectivity index (χ1v) is 11.0. The van der Waals surface area contributed by atoms with Gasteiger partial charge in [-0.2, -0.15) is 0 Å². The van der Waals surface area contributed by atoms with E-state index >= 15 is 0 Å². The third kappa shape index (κ3) is 4.08. The van der Waals surface area contributed by atoms with Gasteiger partial charge in [-0.05, 0) is 47.2 Å². The van der Waals surface area contributed by atoms with Crippen molar-refractivity contribution in [2.45, 2.75) is 0 Å². The van der Waals surface area contributed by atoms with Crippen LogP contribution in [0.5, 0.6) is 0 Å². The number of hydrogen-bond donors (Lipinski definition) is 1. The number of fused-ring (bicyclic) bond motifs is 1. The van der Waals surface area contributed by atoms with E-state index in [1.807, 2.05) is 23.6 Å². The predicted octanol–water partition coefficient (Wildman–Crippen LogP) is 7.78. The van der Waals surface area contributed by atoms with Crippen molar-refractivity contribution in [3.05, 3.63) is 94.0 Å². The molecule has 0 unspecified atom stereocenters. The third-order valence-corrected chi connectivity index (χ3v) is 6.10. The van der Waals surface area contributed by atoms with Gasteiger partial charge in [0, 0.05) is 21.5 Å². The van der Waals surface area contributed by atoms with Crippen molar-refractivity contribution in [3.8, 4) is 22.6 Å². The summed E-state index contributed by atoms with van der Waals surface area (Å²) in [6.07, 6.45) is 0. The molecule has 0 fully saturated rings. The zero-order valence-corrected chi connectivity index (χ0v) is 18.3. The normalized spacial score (nSPS) is 11.0. The topological polar surface area (TPSA) is 55.1 Å². The summed E-state index contributed by atoms with van der Waals surface area (Å²) >= 11 is 13.5. The van der Waals surface area contributed by atoms with E-state index in [1.54, 1.807) is 30.3 Å². The van der Waals surface area contributed by atoms with Crippen LogP contribution in [0.15, 0.2) is 82.6 Å². The summed E-state index contributed by atoms with van der Waals surface area (Å²) in [6, 6.07) is 22.7. The summed E-state index contributed by atoms with van der Waals surface area (Å²) in [6.45, 7) is 0.